The van der Waals surface area contributed by atoms with E-state index in [1.54, 1.807) is 24.3 Å². The van der Waals surface area contributed by atoms with E-state index in [-0.39, 0.29) is 17.8 Å². The van der Waals surface area contributed by atoms with Crippen molar-refractivity contribution in [1.82, 2.24) is 5.32 Å². The molecule has 0 fully saturated rings. The van der Waals surface area contributed by atoms with Crippen molar-refractivity contribution in [3.63, 3.8) is 0 Å². The number of aryl methyl sites for hydroxylation is 1. The number of nitrogens with one attached hydrogen (secondary N) is 2. The molecule has 0 spiro atoms. The molecule has 0 aromatic heterocycles. The molecule has 0 heterocycles. The van der Waals surface area contributed by atoms with Gasteiger partial charge in [0.25, 0.3) is 0 Å². The second-order valence-electron chi connectivity index (χ2n) is 6.71. The minimum Gasteiger partial charge on any atom is -0.324 e. The average Bonchev–Trinajstić information content (AvgIpc) is 2.69. The van der Waals surface area contributed by atoms with Gasteiger partial charge in [0.2, 0.25) is 5.91 Å². The summed E-state index contributed by atoms with van der Waals surface area (Å²) >= 11 is 6.17. The van der Waals surface area contributed by atoms with Gasteiger partial charge in [0.1, 0.15) is 11.9 Å². The minimum atomic E-state index is -0.657. The van der Waals surface area contributed by atoms with Crippen LogP contribution in [0, 0.1) is 12.7 Å². The van der Waals surface area contributed by atoms with E-state index < -0.39 is 6.04 Å². The Morgan fingerprint density at radius 1 is 1.00 bits per heavy atom. The number of hydrogen-bond acceptors (Lipinski definition) is 2. The van der Waals surface area contributed by atoms with Crippen LogP contribution < -0.4 is 10.6 Å². The molecule has 2 atom stereocenters. The van der Waals surface area contributed by atoms with E-state index in [9.17, 15) is 9.18 Å². The van der Waals surface area contributed by atoms with E-state index in [0.717, 1.165) is 11.1 Å². The molecule has 0 radical (unpaired) electrons. The number of benzene rings is 3. The SMILES string of the molecule is Cc1ccc(NC(=O)C(NC(C)c2ccccc2F)c2ccccc2)cc1Cl. The molecule has 144 valence electrons. The third-order valence-corrected chi connectivity index (χ3v) is 5.03. The summed E-state index contributed by atoms with van der Waals surface area (Å²) in [7, 11) is 0. The second-order valence-corrected chi connectivity index (χ2v) is 7.11. The zero-order valence-electron chi connectivity index (χ0n) is 15.7. The largest absolute Gasteiger partial charge is 0.324 e. The van der Waals surface area contributed by atoms with Gasteiger partial charge in [-0.15, -0.1) is 0 Å². The van der Waals surface area contributed by atoms with E-state index in [1.165, 1.54) is 6.07 Å². The highest BCUT2D eigenvalue weighted by Gasteiger charge is 2.24. The van der Waals surface area contributed by atoms with Gasteiger partial charge in [-0.05, 0) is 43.2 Å². The monoisotopic (exact) mass is 396 g/mol. The summed E-state index contributed by atoms with van der Waals surface area (Å²) in [6.45, 7) is 3.74. The molecule has 0 aliphatic carbocycles. The highest BCUT2D eigenvalue weighted by molar-refractivity contribution is 6.31. The number of carbonyl (C=O) groups excluding carboxylic acids is 1. The second kappa shape index (κ2) is 9.00. The molecule has 0 saturated heterocycles. The Balaban J connectivity index is 1.85. The molecular weight excluding hydrogens is 375 g/mol. The maximum atomic E-state index is 14.2. The zero-order valence-corrected chi connectivity index (χ0v) is 16.5. The highest BCUT2D eigenvalue weighted by atomic mass is 35.5. The molecule has 28 heavy (non-hydrogen) atoms. The maximum Gasteiger partial charge on any atom is 0.246 e. The van der Waals surface area contributed by atoms with Crippen LogP contribution in [0.15, 0.2) is 72.8 Å². The van der Waals surface area contributed by atoms with Gasteiger partial charge in [-0.3, -0.25) is 10.1 Å². The third kappa shape index (κ3) is 4.77. The molecule has 3 nitrogen and oxygen atoms in total. The van der Waals surface area contributed by atoms with E-state index in [1.807, 2.05) is 56.3 Å². The van der Waals surface area contributed by atoms with Crippen LogP contribution in [0.3, 0.4) is 0 Å². The van der Waals surface area contributed by atoms with Crippen LogP contribution >= 0.6 is 11.6 Å². The molecule has 5 heteroatoms. The Morgan fingerprint density at radius 3 is 2.36 bits per heavy atom. The van der Waals surface area contributed by atoms with E-state index in [2.05, 4.69) is 10.6 Å². The predicted octanol–water partition coefficient (Wildman–Crippen LogP) is 5.82. The van der Waals surface area contributed by atoms with Gasteiger partial charge in [0.15, 0.2) is 0 Å². The van der Waals surface area contributed by atoms with Gasteiger partial charge in [-0.2, -0.15) is 0 Å². The Hall–Kier alpha value is -2.69. The smallest absolute Gasteiger partial charge is 0.246 e. The number of rotatable bonds is 6. The summed E-state index contributed by atoms with van der Waals surface area (Å²) in [6, 6.07) is 20.3. The number of hydrogen-bond donors (Lipinski definition) is 2. The van der Waals surface area contributed by atoms with Crippen LogP contribution in [0.1, 0.15) is 35.7 Å². The number of amides is 1. The molecule has 2 unspecified atom stereocenters. The zero-order chi connectivity index (χ0) is 20.1. The maximum absolute atomic E-state index is 14.2. The lowest BCUT2D eigenvalue weighted by atomic mass is 10.0. The van der Waals surface area contributed by atoms with Gasteiger partial charge >= 0.3 is 0 Å². The van der Waals surface area contributed by atoms with Crippen LogP contribution in [0.2, 0.25) is 5.02 Å². The molecule has 3 aromatic rings. The molecule has 3 aromatic carbocycles. The first kappa shape index (κ1) is 20.1. The average molecular weight is 397 g/mol. The van der Waals surface area contributed by atoms with Gasteiger partial charge in [-0.1, -0.05) is 66.2 Å². The quantitative estimate of drug-likeness (QED) is 0.551. The fraction of sp³-hybridized carbons (Fsp3) is 0.174. The first-order chi connectivity index (χ1) is 13.5. The molecule has 0 bridgehead atoms. The molecule has 0 aliphatic heterocycles. The first-order valence-electron chi connectivity index (χ1n) is 9.08. The summed E-state index contributed by atoms with van der Waals surface area (Å²) in [6.07, 6.45) is 0. The van der Waals surface area contributed by atoms with Crippen LogP contribution in [0.5, 0.6) is 0 Å². The van der Waals surface area contributed by atoms with Crippen molar-refractivity contribution < 1.29 is 9.18 Å². The first-order valence-corrected chi connectivity index (χ1v) is 9.46. The van der Waals surface area contributed by atoms with Gasteiger partial charge < -0.3 is 5.32 Å². The summed E-state index contributed by atoms with van der Waals surface area (Å²) in [5, 5.41) is 6.74. The lowest BCUT2D eigenvalue weighted by molar-refractivity contribution is -0.118. The molecule has 0 aliphatic rings. The Morgan fingerprint density at radius 2 is 1.68 bits per heavy atom. The van der Waals surface area contributed by atoms with Crippen molar-refractivity contribution in [3.05, 3.63) is 100 Å². The van der Waals surface area contributed by atoms with E-state index in [0.29, 0.717) is 16.3 Å². The summed E-state index contributed by atoms with van der Waals surface area (Å²) in [5.74, 6) is -0.547. The third-order valence-electron chi connectivity index (χ3n) is 4.62. The van der Waals surface area contributed by atoms with Gasteiger partial charge in [-0.25, -0.2) is 4.39 Å². The Bertz CT molecular complexity index is 962. The Kier molecular flexibility index (Phi) is 6.45. The molecule has 3 rings (SSSR count). The van der Waals surface area contributed by atoms with Crippen molar-refractivity contribution in [1.29, 1.82) is 0 Å². The lowest BCUT2D eigenvalue weighted by Crippen LogP contribution is -2.35. The lowest BCUT2D eigenvalue weighted by Gasteiger charge is -2.24. The van der Waals surface area contributed by atoms with E-state index >= 15 is 0 Å². The van der Waals surface area contributed by atoms with Crippen LogP contribution in [-0.2, 0) is 4.79 Å². The summed E-state index contributed by atoms with van der Waals surface area (Å²) < 4.78 is 14.2. The summed E-state index contributed by atoms with van der Waals surface area (Å²) in [5.41, 5.74) is 2.85. The van der Waals surface area contributed by atoms with Gasteiger partial charge in [0.05, 0.1) is 0 Å². The van der Waals surface area contributed by atoms with E-state index in [4.69, 9.17) is 11.6 Å². The predicted molar refractivity (Wildman–Crippen MR) is 112 cm³/mol. The van der Waals surface area contributed by atoms with Crippen molar-refractivity contribution >= 4 is 23.2 Å². The molecule has 0 saturated carbocycles. The number of anilines is 1. The number of halogens is 2. The highest BCUT2D eigenvalue weighted by Crippen LogP contribution is 2.25. The molecule has 1 amide bonds. The van der Waals surface area contributed by atoms with Crippen molar-refractivity contribution in [2.24, 2.45) is 0 Å². The fourth-order valence-corrected chi connectivity index (χ4v) is 3.20. The molecule has 2 N–H and O–H groups in total. The van der Waals surface area contributed by atoms with Crippen molar-refractivity contribution in [2.75, 3.05) is 5.32 Å². The van der Waals surface area contributed by atoms with Gasteiger partial charge in [0, 0.05) is 22.3 Å². The normalized spacial score (nSPS) is 13.0. The van der Waals surface area contributed by atoms with Crippen LogP contribution in [0.25, 0.3) is 0 Å². The Labute approximate surface area is 169 Å². The standard InChI is InChI=1S/C23H22ClFN2O/c1-15-12-13-18(14-20(15)24)27-23(28)22(17-8-4-3-5-9-17)26-16(2)19-10-6-7-11-21(19)25/h3-14,16,22,26H,1-2H3,(H,27,28). The number of carbonyl (C=O) groups is 1. The van der Waals surface area contributed by atoms with Crippen LogP contribution in [0.4, 0.5) is 10.1 Å². The van der Waals surface area contributed by atoms with Crippen molar-refractivity contribution in [3.8, 4) is 0 Å². The minimum absolute atomic E-state index is 0.241. The summed E-state index contributed by atoms with van der Waals surface area (Å²) in [4.78, 5) is 13.1. The van der Waals surface area contributed by atoms with Crippen molar-refractivity contribution in [2.45, 2.75) is 25.9 Å². The topological polar surface area (TPSA) is 41.1 Å². The fourth-order valence-electron chi connectivity index (χ4n) is 3.02. The molecular formula is C23H22ClFN2O. The van der Waals surface area contributed by atoms with Crippen LogP contribution in [-0.4, -0.2) is 5.91 Å².